The maximum absolute atomic E-state index is 12.6. The number of benzene rings is 2. The zero-order valence-corrected chi connectivity index (χ0v) is 16.6. The van der Waals surface area contributed by atoms with Gasteiger partial charge >= 0.3 is 0 Å². The first-order chi connectivity index (χ1) is 13.1. The predicted octanol–water partition coefficient (Wildman–Crippen LogP) is 4.64. The van der Waals surface area contributed by atoms with Crippen LogP contribution in [0.25, 0.3) is 11.4 Å². The molecule has 1 aromatic heterocycles. The summed E-state index contributed by atoms with van der Waals surface area (Å²) in [4.78, 5) is 18.8. The molecule has 0 saturated carbocycles. The van der Waals surface area contributed by atoms with Crippen molar-refractivity contribution < 1.29 is 9.32 Å². The highest BCUT2D eigenvalue weighted by atomic mass is 32.2. The number of hydrogen-bond donors (Lipinski definition) is 0. The lowest BCUT2D eigenvalue weighted by molar-refractivity contribution is -0.116. The lowest BCUT2D eigenvalue weighted by Crippen LogP contribution is -2.32. The summed E-state index contributed by atoms with van der Waals surface area (Å²) in [5, 5.41) is 4.03. The van der Waals surface area contributed by atoms with Crippen LogP contribution in [0, 0.1) is 13.8 Å². The van der Waals surface area contributed by atoms with E-state index in [1.165, 1.54) is 17.3 Å². The van der Waals surface area contributed by atoms with Gasteiger partial charge < -0.3 is 9.42 Å². The molecular formula is C21H23N3O2S. The van der Waals surface area contributed by atoms with Gasteiger partial charge in [0.1, 0.15) is 0 Å². The van der Waals surface area contributed by atoms with Crippen molar-refractivity contribution in [2.75, 3.05) is 17.2 Å². The molecule has 0 aliphatic heterocycles. The number of thioether (sulfide) groups is 1. The molecule has 27 heavy (non-hydrogen) atoms. The molecule has 3 rings (SSSR count). The molecule has 0 radical (unpaired) electrons. The number of carbonyl (C=O) groups is 1. The number of aromatic nitrogens is 2. The molecule has 0 bridgehead atoms. The van der Waals surface area contributed by atoms with Gasteiger partial charge in [-0.3, -0.25) is 4.79 Å². The Morgan fingerprint density at radius 1 is 1.11 bits per heavy atom. The van der Waals surface area contributed by atoms with E-state index in [4.69, 9.17) is 4.52 Å². The summed E-state index contributed by atoms with van der Waals surface area (Å²) in [5.41, 5.74) is 4.18. The summed E-state index contributed by atoms with van der Waals surface area (Å²) < 4.78 is 5.31. The molecule has 1 amide bonds. The summed E-state index contributed by atoms with van der Waals surface area (Å²) in [6.45, 7) is 6.69. The Bertz CT molecular complexity index is 906. The first kappa shape index (κ1) is 19.2. The van der Waals surface area contributed by atoms with Gasteiger partial charge in [0.05, 0.1) is 11.5 Å². The lowest BCUT2D eigenvalue weighted by atomic mass is 10.1. The number of rotatable bonds is 7. The Labute approximate surface area is 163 Å². The molecule has 0 saturated heterocycles. The van der Waals surface area contributed by atoms with Crippen LogP contribution in [0.4, 0.5) is 5.69 Å². The van der Waals surface area contributed by atoms with Crippen LogP contribution in [0.3, 0.4) is 0 Å². The van der Waals surface area contributed by atoms with Gasteiger partial charge in [-0.15, -0.1) is 11.8 Å². The molecule has 0 spiro atoms. The van der Waals surface area contributed by atoms with Crippen LogP contribution in [0.1, 0.15) is 23.9 Å². The van der Waals surface area contributed by atoms with Crippen LogP contribution in [0.2, 0.25) is 0 Å². The van der Waals surface area contributed by atoms with Gasteiger partial charge in [0.2, 0.25) is 17.6 Å². The van der Waals surface area contributed by atoms with E-state index in [1.807, 2.05) is 69.3 Å². The zero-order valence-electron chi connectivity index (χ0n) is 15.8. The molecule has 5 nitrogen and oxygen atoms in total. The molecule has 6 heteroatoms. The summed E-state index contributed by atoms with van der Waals surface area (Å²) in [5.74, 6) is 2.06. The summed E-state index contributed by atoms with van der Waals surface area (Å²) >= 11 is 1.48. The van der Waals surface area contributed by atoms with Gasteiger partial charge in [-0.2, -0.15) is 4.98 Å². The highest BCUT2D eigenvalue weighted by molar-refractivity contribution is 7.99. The van der Waals surface area contributed by atoms with E-state index in [0.717, 1.165) is 16.8 Å². The fourth-order valence-electron chi connectivity index (χ4n) is 2.74. The quantitative estimate of drug-likeness (QED) is 0.597. The third kappa shape index (κ3) is 4.98. The minimum absolute atomic E-state index is 0.0753. The number of hydrogen-bond acceptors (Lipinski definition) is 5. The molecular weight excluding hydrogens is 358 g/mol. The smallest absolute Gasteiger partial charge is 0.236 e. The summed E-state index contributed by atoms with van der Waals surface area (Å²) in [7, 11) is 0. The zero-order chi connectivity index (χ0) is 19.2. The van der Waals surface area contributed by atoms with Crippen molar-refractivity contribution in [3.05, 3.63) is 65.5 Å². The van der Waals surface area contributed by atoms with Crippen molar-refractivity contribution in [3.63, 3.8) is 0 Å². The topological polar surface area (TPSA) is 59.2 Å². The van der Waals surface area contributed by atoms with Crippen molar-refractivity contribution in [1.82, 2.24) is 10.1 Å². The third-order valence-electron chi connectivity index (χ3n) is 4.16. The predicted molar refractivity (Wildman–Crippen MR) is 110 cm³/mol. The van der Waals surface area contributed by atoms with E-state index in [0.29, 0.717) is 29.8 Å². The molecule has 0 aliphatic carbocycles. The Morgan fingerprint density at radius 3 is 2.59 bits per heavy atom. The van der Waals surface area contributed by atoms with E-state index in [2.05, 4.69) is 10.1 Å². The largest absolute Gasteiger partial charge is 0.338 e. The van der Waals surface area contributed by atoms with Gasteiger partial charge in [0, 0.05) is 17.8 Å². The number of nitrogens with zero attached hydrogens (tertiary/aromatic N) is 3. The normalized spacial score (nSPS) is 10.8. The van der Waals surface area contributed by atoms with Crippen LogP contribution >= 0.6 is 11.8 Å². The molecule has 2 aromatic carbocycles. The van der Waals surface area contributed by atoms with Gasteiger partial charge in [-0.1, -0.05) is 47.1 Å². The molecule has 0 unspecified atom stereocenters. The van der Waals surface area contributed by atoms with E-state index < -0.39 is 0 Å². The summed E-state index contributed by atoms with van der Waals surface area (Å²) in [6, 6.07) is 16.0. The molecule has 0 atom stereocenters. The number of anilines is 1. The maximum Gasteiger partial charge on any atom is 0.236 e. The minimum Gasteiger partial charge on any atom is -0.338 e. The first-order valence-corrected chi connectivity index (χ1v) is 10.1. The number of carbonyl (C=O) groups excluding carboxylic acids is 1. The van der Waals surface area contributed by atoms with Crippen LogP contribution in [-0.4, -0.2) is 28.3 Å². The SMILES string of the molecule is CCN(C(=O)CSCc1nc(-c2ccc(C)cc2)no1)c1cccc(C)c1. The fraction of sp³-hybridized carbons (Fsp3) is 0.286. The van der Waals surface area contributed by atoms with E-state index in [-0.39, 0.29) is 5.91 Å². The Morgan fingerprint density at radius 2 is 1.89 bits per heavy atom. The fourth-order valence-corrected chi connectivity index (χ4v) is 3.46. The average molecular weight is 382 g/mol. The van der Waals surface area contributed by atoms with Crippen molar-refractivity contribution in [2.45, 2.75) is 26.5 Å². The van der Waals surface area contributed by atoms with Crippen molar-refractivity contribution in [1.29, 1.82) is 0 Å². The molecule has 0 N–H and O–H groups in total. The first-order valence-electron chi connectivity index (χ1n) is 8.91. The Kier molecular flexibility index (Phi) is 6.29. The molecule has 0 aliphatic rings. The van der Waals surface area contributed by atoms with Gasteiger partial charge in [-0.05, 0) is 38.5 Å². The standard InChI is InChI=1S/C21H23N3O2S/c1-4-24(18-7-5-6-16(3)12-18)20(25)14-27-13-19-22-21(23-26-19)17-10-8-15(2)9-11-17/h5-12H,4,13-14H2,1-3H3. The minimum atomic E-state index is 0.0753. The second-order valence-corrected chi connectivity index (χ2v) is 7.33. The molecule has 0 fully saturated rings. The van der Waals surface area contributed by atoms with Crippen molar-refractivity contribution in [2.24, 2.45) is 0 Å². The van der Waals surface area contributed by atoms with Crippen molar-refractivity contribution >= 4 is 23.4 Å². The van der Waals surface area contributed by atoms with Crippen LogP contribution in [-0.2, 0) is 10.5 Å². The van der Waals surface area contributed by atoms with E-state index >= 15 is 0 Å². The van der Waals surface area contributed by atoms with Crippen LogP contribution < -0.4 is 4.90 Å². The molecule has 3 aromatic rings. The maximum atomic E-state index is 12.6. The summed E-state index contributed by atoms with van der Waals surface area (Å²) in [6.07, 6.45) is 0. The monoisotopic (exact) mass is 381 g/mol. The average Bonchev–Trinajstić information content (AvgIpc) is 3.12. The second kappa shape index (κ2) is 8.86. The van der Waals surface area contributed by atoms with E-state index in [9.17, 15) is 4.79 Å². The van der Waals surface area contributed by atoms with Gasteiger partial charge in [0.25, 0.3) is 0 Å². The van der Waals surface area contributed by atoms with Gasteiger partial charge in [-0.25, -0.2) is 0 Å². The highest BCUT2D eigenvalue weighted by Gasteiger charge is 2.15. The highest BCUT2D eigenvalue weighted by Crippen LogP contribution is 2.20. The lowest BCUT2D eigenvalue weighted by Gasteiger charge is -2.21. The van der Waals surface area contributed by atoms with Crippen LogP contribution in [0.5, 0.6) is 0 Å². The van der Waals surface area contributed by atoms with Crippen LogP contribution in [0.15, 0.2) is 53.1 Å². The van der Waals surface area contributed by atoms with Crippen molar-refractivity contribution in [3.8, 4) is 11.4 Å². The Balaban J connectivity index is 1.56. The van der Waals surface area contributed by atoms with Gasteiger partial charge in [0.15, 0.2) is 0 Å². The number of aryl methyl sites for hydroxylation is 2. The molecule has 140 valence electrons. The third-order valence-corrected chi connectivity index (χ3v) is 5.06. The number of amides is 1. The van der Waals surface area contributed by atoms with E-state index in [1.54, 1.807) is 4.90 Å². The Hall–Kier alpha value is -2.60. The molecule has 1 heterocycles. The second-order valence-electron chi connectivity index (χ2n) is 6.35.